The number of nitrogens with zero attached hydrogens (tertiary/aromatic N) is 12. The second-order valence-electron chi connectivity index (χ2n) is 30.8. The van der Waals surface area contributed by atoms with Crippen molar-refractivity contribution >= 4 is 64.9 Å². The van der Waals surface area contributed by atoms with Gasteiger partial charge < -0.3 is 18.3 Å². The Morgan fingerprint density at radius 3 is 0.898 bits per heavy atom. The lowest BCUT2D eigenvalue weighted by atomic mass is 9.99. The van der Waals surface area contributed by atoms with Crippen LogP contribution in [-0.2, 0) is 42.3 Å². The van der Waals surface area contributed by atoms with Crippen molar-refractivity contribution in [2.45, 2.75) is 237 Å². The number of rotatable bonds is 12. The molecule has 0 saturated carbocycles. The zero-order valence-electron chi connectivity index (χ0n) is 65.8. The first-order valence-electron chi connectivity index (χ1n) is 36.4. The van der Waals surface area contributed by atoms with Crippen molar-refractivity contribution in [3.8, 4) is 0 Å². The minimum Gasteiger partial charge on any atom is -0.350 e. The van der Waals surface area contributed by atoms with Crippen LogP contribution < -0.4 is 9.13 Å². The molecule has 0 bridgehead atoms. The SMILES string of the molecule is CC(C)c1c2cccnc2c(C(C)C)n1C.CC(C)c1c2cccnc2c(C(C)C)n1C.CC(C)c1c2ccncc2c(C(C)C)n1C.CC(C)c1c2ccncc2c(C(C)C)n1C.CC(C)c1cc2ccncc2c(C(C)C)[n+]1C.CC(C)c1cc2cnccc2c(C(C)C)[n+]1C. The predicted octanol–water partition coefficient (Wildman–Crippen LogP) is 21.9. The predicted molar refractivity (Wildman–Crippen MR) is 418 cm³/mol. The van der Waals surface area contributed by atoms with Gasteiger partial charge in [-0.2, -0.15) is 0 Å². The highest BCUT2D eigenvalue weighted by Gasteiger charge is 2.26. The lowest BCUT2D eigenvalue weighted by molar-refractivity contribution is -0.687. The van der Waals surface area contributed by atoms with Crippen LogP contribution in [0.3, 0.4) is 0 Å². The highest BCUT2D eigenvalue weighted by atomic mass is 15.0. The van der Waals surface area contributed by atoms with Crippen molar-refractivity contribution in [1.82, 2.24) is 48.2 Å². The van der Waals surface area contributed by atoms with Crippen LogP contribution >= 0.6 is 0 Å². The first kappa shape index (κ1) is 77.2. The monoisotopic (exact) mass is 1320 g/mol. The van der Waals surface area contributed by atoms with E-state index in [0.717, 1.165) is 0 Å². The summed E-state index contributed by atoms with van der Waals surface area (Å²) >= 11 is 0. The van der Waals surface area contributed by atoms with E-state index in [0.29, 0.717) is 71.0 Å². The summed E-state index contributed by atoms with van der Waals surface area (Å²) in [5.74, 6) is 6.32. The smallest absolute Gasteiger partial charge is 0.193 e. The quantitative estimate of drug-likeness (QED) is 0.113. The normalized spacial score (nSPS) is 11.9. The van der Waals surface area contributed by atoms with Gasteiger partial charge in [0.05, 0.1) is 21.8 Å². The van der Waals surface area contributed by atoms with Gasteiger partial charge in [0.1, 0.15) is 14.1 Å². The van der Waals surface area contributed by atoms with E-state index in [2.05, 4.69) is 314 Å². The van der Waals surface area contributed by atoms with E-state index in [1.807, 2.05) is 74.1 Å². The van der Waals surface area contributed by atoms with Crippen molar-refractivity contribution in [1.29, 1.82) is 0 Å². The Kier molecular flexibility index (Phi) is 26.1. The molecule has 12 aromatic heterocycles. The Bertz CT molecular complexity index is 3960. The third-order valence-corrected chi connectivity index (χ3v) is 19.3. The van der Waals surface area contributed by atoms with Crippen molar-refractivity contribution < 1.29 is 9.13 Å². The molecule has 12 heterocycles. The van der Waals surface area contributed by atoms with Gasteiger partial charge in [0, 0.05) is 209 Å². The molecule has 12 aromatic rings. The summed E-state index contributed by atoms with van der Waals surface area (Å²) in [5, 5.41) is 13.1. The molecule has 12 nitrogen and oxygen atoms in total. The Labute approximate surface area is 589 Å². The summed E-state index contributed by atoms with van der Waals surface area (Å²) < 4.78 is 14.0. The molecule has 0 aromatic carbocycles. The fourth-order valence-electron chi connectivity index (χ4n) is 15.9. The number of fused-ring (bicyclic) bond motifs is 6. The first-order chi connectivity index (χ1) is 46.2. The second-order valence-corrected chi connectivity index (χ2v) is 30.8. The van der Waals surface area contributed by atoms with Gasteiger partial charge in [-0.25, -0.2) is 9.13 Å². The average molecular weight is 1320 g/mol. The van der Waals surface area contributed by atoms with E-state index in [-0.39, 0.29) is 0 Å². The number of aromatic nitrogens is 12. The van der Waals surface area contributed by atoms with E-state index in [1.54, 1.807) is 0 Å². The summed E-state index contributed by atoms with van der Waals surface area (Å²) in [4.78, 5) is 26.1. The minimum atomic E-state index is 0.505. The Morgan fingerprint density at radius 1 is 0.265 bits per heavy atom. The van der Waals surface area contributed by atoms with E-state index in [9.17, 15) is 0 Å². The summed E-state index contributed by atoms with van der Waals surface area (Å²) in [5.41, 5.74) is 19.0. The van der Waals surface area contributed by atoms with Gasteiger partial charge >= 0.3 is 0 Å². The maximum Gasteiger partial charge on any atom is 0.193 e. The van der Waals surface area contributed by atoms with Crippen LogP contribution in [0.4, 0.5) is 0 Å². The Morgan fingerprint density at radius 2 is 0.551 bits per heavy atom. The zero-order valence-corrected chi connectivity index (χ0v) is 65.8. The molecule has 0 spiro atoms. The Hall–Kier alpha value is -8.12. The van der Waals surface area contributed by atoms with Crippen molar-refractivity contribution in [3.05, 3.63) is 191 Å². The minimum absolute atomic E-state index is 0.505. The molecule has 0 radical (unpaired) electrons. The number of pyridine rings is 8. The van der Waals surface area contributed by atoms with Crippen LogP contribution in [0.25, 0.3) is 64.9 Å². The van der Waals surface area contributed by atoms with Gasteiger partial charge in [-0.05, 0) is 101 Å². The fraction of sp³-hybridized carbons (Fsp3) is 0.488. The highest BCUT2D eigenvalue weighted by Crippen LogP contribution is 2.38. The third-order valence-electron chi connectivity index (χ3n) is 19.3. The van der Waals surface area contributed by atoms with Crippen LogP contribution in [-0.4, -0.2) is 48.2 Å². The largest absolute Gasteiger partial charge is 0.350 e. The molecule has 0 aliphatic carbocycles. The molecule has 0 aliphatic rings. The van der Waals surface area contributed by atoms with Crippen LogP contribution in [0.2, 0.25) is 0 Å². The molecule has 12 heteroatoms. The summed E-state index contributed by atoms with van der Waals surface area (Å²) in [6.07, 6.45) is 19.2. The van der Waals surface area contributed by atoms with Crippen LogP contribution in [0, 0.1) is 0 Å². The van der Waals surface area contributed by atoms with E-state index in [1.165, 1.54) is 133 Å². The topological polar surface area (TPSA) is 105 Å². The van der Waals surface area contributed by atoms with Gasteiger partial charge in [-0.15, -0.1) is 0 Å². The van der Waals surface area contributed by atoms with Crippen LogP contribution in [0.15, 0.2) is 123 Å². The molecular formula is C86H122N12+2. The van der Waals surface area contributed by atoms with Crippen molar-refractivity contribution in [3.63, 3.8) is 0 Å². The van der Waals surface area contributed by atoms with Crippen LogP contribution in [0.1, 0.15) is 306 Å². The summed E-state index contributed by atoms with van der Waals surface area (Å²) in [6.45, 7) is 53.8. The maximum absolute atomic E-state index is 4.55. The average Bonchev–Trinajstić information content (AvgIpc) is 1.36. The number of hydrogen-bond donors (Lipinski definition) is 0. The molecular weight excluding hydrogens is 1200 g/mol. The van der Waals surface area contributed by atoms with Gasteiger partial charge in [0.25, 0.3) is 0 Å². The zero-order chi connectivity index (χ0) is 72.6. The van der Waals surface area contributed by atoms with Gasteiger partial charge in [0.15, 0.2) is 22.8 Å². The van der Waals surface area contributed by atoms with Crippen LogP contribution in [0.5, 0.6) is 0 Å². The van der Waals surface area contributed by atoms with Crippen molar-refractivity contribution in [2.75, 3.05) is 0 Å². The molecule has 12 rings (SSSR count). The molecule has 0 atom stereocenters. The second kappa shape index (κ2) is 33.2. The van der Waals surface area contributed by atoms with E-state index in [4.69, 9.17) is 0 Å². The maximum atomic E-state index is 4.55. The van der Waals surface area contributed by atoms with Gasteiger partial charge in [0.2, 0.25) is 0 Å². The highest BCUT2D eigenvalue weighted by molar-refractivity contribution is 5.91. The third kappa shape index (κ3) is 16.3. The van der Waals surface area contributed by atoms with E-state index >= 15 is 0 Å². The van der Waals surface area contributed by atoms with Gasteiger partial charge in [-0.3, -0.25) is 29.9 Å². The molecule has 524 valence electrons. The molecule has 0 amide bonds. The molecule has 0 saturated heterocycles. The number of hydrogen-bond acceptors (Lipinski definition) is 6. The summed E-state index contributed by atoms with van der Waals surface area (Å²) in [6, 6.07) is 21.5. The molecule has 0 unspecified atom stereocenters. The van der Waals surface area contributed by atoms with Crippen molar-refractivity contribution in [2.24, 2.45) is 42.3 Å². The standard InChI is InChI=1S/2C15H21N2.4C14H20N2/c1-10(2)14-8-12-9-16-7-6-13(12)15(11(3)4)17(14)5;1-10(2)14-8-12-6-7-16-9-13(12)15(11(3)4)17(14)5;2*1-9(2)13-11-6-7-15-8-12(11)14(10(3)4)16(13)5;2*1-9(2)13-11-7-6-8-15-12(11)14(10(3)4)16(13)5/h2*6-11H,1-5H3;4*6-10H,1-5H3/q2*+1;;;;. The molecule has 0 fully saturated rings. The van der Waals surface area contributed by atoms with Gasteiger partial charge in [-0.1, -0.05) is 166 Å². The first-order valence-corrected chi connectivity index (χ1v) is 36.4. The molecule has 98 heavy (non-hydrogen) atoms. The molecule has 0 N–H and O–H groups in total. The molecule has 0 aliphatic heterocycles. The summed E-state index contributed by atoms with van der Waals surface area (Å²) in [7, 11) is 13.0. The Balaban J connectivity index is 0.000000166. The van der Waals surface area contributed by atoms with E-state index < -0.39 is 0 Å². The lowest BCUT2D eigenvalue weighted by Crippen LogP contribution is -2.39. The lowest BCUT2D eigenvalue weighted by Gasteiger charge is -2.12. The fourth-order valence-corrected chi connectivity index (χ4v) is 15.9.